The van der Waals surface area contributed by atoms with Crippen LogP contribution in [-0.4, -0.2) is 39.2 Å². The number of anilines is 2. The smallest absolute Gasteiger partial charge is 0.338 e. The maximum Gasteiger partial charge on any atom is 0.338 e. The summed E-state index contributed by atoms with van der Waals surface area (Å²) in [4.78, 5) is 24.1. The van der Waals surface area contributed by atoms with Gasteiger partial charge in [0.15, 0.2) is 0 Å². The first-order valence-electron chi connectivity index (χ1n) is 10.3. The summed E-state index contributed by atoms with van der Waals surface area (Å²) in [5.74, 6) is -0.517. The number of ether oxygens (including phenoxy) is 1. The van der Waals surface area contributed by atoms with Crippen molar-refractivity contribution in [1.82, 2.24) is 0 Å². The molecule has 0 spiro atoms. The number of hydrogen-bond donors (Lipinski definition) is 1. The Bertz CT molecular complexity index is 1040. The minimum absolute atomic E-state index is 0.176. The monoisotopic (exact) mass is 442 g/mol. The molecule has 164 valence electrons. The molecule has 0 saturated carbocycles. The van der Waals surface area contributed by atoms with Gasteiger partial charge in [-0.3, -0.25) is 9.10 Å². The number of carbonyl (C=O) groups is 2. The van der Waals surface area contributed by atoms with E-state index in [1.165, 1.54) is 10.4 Å². The average Bonchev–Trinajstić information content (AvgIpc) is 3.12. The standard InChI is InChI=1S/C23H26N2O5S/c1-2-3-16-30-23(27)19-8-10-20(11-9-19)24-22(26)14-7-18-5-12-21(13-6-18)25-15-4-17-31(25,28)29/h5-14H,2-4,15-17H2,1H3,(H,24,26)/b14-7+. The number of unbranched alkanes of at least 4 members (excludes halogenated alkanes) is 1. The molecular formula is C23H26N2O5S. The first kappa shape index (κ1) is 22.6. The van der Waals surface area contributed by atoms with Crippen LogP contribution in [0.5, 0.6) is 0 Å². The van der Waals surface area contributed by atoms with Crippen molar-refractivity contribution in [3.05, 3.63) is 65.7 Å². The van der Waals surface area contributed by atoms with Gasteiger partial charge in [0.05, 0.1) is 23.6 Å². The number of esters is 1. The molecule has 1 saturated heterocycles. The molecule has 1 aliphatic heterocycles. The Morgan fingerprint density at radius 3 is 2.42 bits per heavy atom. The van der Waals surface area contributed by atoms with Crippen LogP contribution in [0.15, 0.2) is 54.6 Å². The molecule has 1 amide bonds. The molecule has 1 heterocycles. The SMILES string of the molecule is CCCCOC(=O)c1ccc(NC(=O)/C=C/c2ccc(N3CCCS3(=O)=O)cc2)cc1. The quantitative estimate of drug-likeness (QED) is 0.381. The summed E-state index contributed by atoms with van der Waals surface area (Å²) < 4.78 is 30.5. The van der Waals surface area contributed by atoms with E-state index in [4.69, 9.17) is 4.74 Å². The van der Waals surface area contributed by atoms with Crippen molar-refractivity contribution in [3.8, 4) is 0 Å². The van der Waals surface area contributed by atoms with Crippen molar-refractivity contribution >= 4 is 39.4 Å². The maximum atomic E-state index is 12.2. The lowest BCUT2D eigenvalue weighted by molar-refractivity contribution is -0.111. The molecule has 0 bridgehead atoms. The van der Waals surface area contributed by atoms with Gasteiger partial charge in [0.2, 0.25) is 15.9 Å². The number of rotatable bonds is 8. The van der Waals surface area contributed by atoms with E-state index in [0.29, 0.717) is 36.5 Å². The minimum atomic E-state index is -3.21. The van der Waals surface area contributed by atoms with Gasteiger partial charge in [0.25, 0.3) is 0 Å². The van der Waals surface area contributed by atoms with Gasteiger partial charge in [-0.1, -0.05) is 25.5 Å². The summed E-state index contributed by atoms with van der Waals surface area (Å²) in [6.45, 7) is 2.92. The molecule has 7 nitrogen and oxygen atoms in total. The number of carbonyl (C=O) groups excluding carboxylic acids is 2. The summed E-state index contributed by atoms with van der Waals surface area (Å²) in [7, 11) is -3.21. The maximum absolute atomic E-state index is 12.2. The molecule has 0 unspecified atom stereocenters. The first-order chi connectivity index (χ1) is 14.9. The Morgan fingerprint density at radius 1 is 1.10 bits per heavy atom. The highest BCUT2D eigenvalue weighted by Crippen LogP contribution is 2.24. The number of amides is 1. The largest absolute Gasteiger partial charge is 0.462 e. The van der Waals surface area contributed by atoms with Gasteiger partial charge in [-0.05, 0) is 60.9 Å². The molecule has 0 radical (unpaired) electrons. The van der Waals surface area contributed by atoms with Crippen LogP contribution in [0.3, 0.4) is 0 Å². The van der Waals surface area contributed by atoms with Crippen molar-refractivity contribution in [2.24, 2.45) is 0 Å². The van der Waals surface area contributed by atoms with Crippen LogP contribution in [-0.2, 0) is 19.6 Å². The summed E-state index contributed by atoms with van der Waals surface area (Å²) in [6, 6.07) is 13.5. The Hall–Kier alpha value is -3.13. The number of nitrogens with zero attached hydrogens (tertiary/aromatic N) is 1. The van der Waals surface area contributed by atoms with Gasteiger partial charge in [-0.25, -0.2) is 13.2 Å². The van der Waals surface area contributed by atoms with Crippen LogP contribution in [0, 0.1) is 0 Å². The third kappa shape index (κ3) is 6.18. The van der Waals surface area contributed by atoms with Crippen molar-refractivity contribution in [2.75, 3.05) is 28.5 Å². The predicted molar refractivity (Wildman–Crippen MR) is 121 cm³/mol. The summed E-state index contributed by atoms with van der Waals surface area (Å²) >= 11 is 0. The van der Waals surface area contributed by atoms with E-state index in [-0.39, 0.29) is 17.6 Å². The Labute approximate surface area is 182 Å². The first-order valence-corrected chi connectivity index (χ1v) is 11.9. The van der Waals surface area contributed by atoms with Gasteiger partial charge >= 0.3 is 5.97 Å². The van der Waals surface area contributed by atoms with E-state index in [0.717, 1.165) is 18.4 Å². The molecule has 0 aliphatic carbocycles. The number of nitrogens with one attached hydrogen (secondary N) is 1. The second-order valence-electron chi connectivity index (χ2n) is 7.22. The number of hydrogen-bond acceptors (Lipinski definition) is 5. The van der Waals surface area contributed by atoms with Crippen molar-refractivity contribution < 1.29 is 22.7 Å². The van der Waals surface area contributed by atoms with Crippen LogP contribution in [0.25, 0.3) is 6.08 Å². The number of sulfonamides is 1. The molecular weight excluding hydrogens is 416 g/mol. The minimum Gasteiger partial charge on any atom is -0.462 e. The third-order valence-corrected chi connectivity index (χ3v) is 6.70. The van der Waals surface area contributed by atoms with Crippen molar-refractivity contribution in [1.29, 1.82) is 0 Å². The zero-order chi connectivity index (χ0) is 22.3. The molecule has 31 heavy (non-hydrogen) atoms. The van der Waals surface area contributed by atoms with Crippen LogP contribution in [0.2, 0.25) is 0 Å². The summed E-state index contributed by atoms with van der Waals surface area (Å²) in [5, 5.41) is 2.73. The van der Waals surface area contributed by atoms with E-state index < -0.39 is 10.0 Å². The Morgan fingerprint density at radius 2 is 1.81 bits per heavy atom. The van der Waals surface area contributed by atoms with E-state index in [9.17, 15) is 18.0 Å². The predicted octanol–water partition coefficient (Wildman–Crippen LogP) is 3.84. The third-order valence-electron chi connectivity index (χ3n) is 4.83. The molecule has 1 aliphatic rings. The molecule has 1 N–H and O–H groups in total. The molecule has 8 heteroatoms. The number of benzene rings is 2. The molecule has 1 fully saturated rings. The Kier molecular flexibility index (Phi) is 7.46. The second kappa shape index (κ2) is 10.3. The molecule has 3 rings (SSSR count). The van der Waals surface area contributed by atoms with Crippen LogP contribution >= 0.6 is 0 Å². The normalized spacial score (nSPS) is 15.2. The van der Waals surface area contributed by atoms with Gasteiger partial charge < -0.3 is 10.1 Å². The average molecular weight is 443 g/mol. The summed E-state index contributed by atoms with van der Waals surface area (Å²) in [5.41, 5.74) is 2.41. The van der Waals surface area contributed by atoms with Crippen molar-refractivity contribution in [2.45, 2.75) is 26.2 Å². The lowest BCUT2D eigenvalue weighted by Gasteiger charge is -2.16. The highest BCUT2D eigenvalue weighted by molar-refractivity contribution is 7.93. The lowest BCUT2D eigenvalue weighted by atomic mass is 10.2. The molecule has 2 aromatic rings. The van der Waals surface area contributed by atoms with E-state index in [1.54, 1.807) is 54.6 Å². The fourth-order valence-corrected chi connectivity index (χ4v) is 4.68. The van der Waals surface area contributed by atoms with E-state index in [1.807, 2.05) is 6.92 Å². The van der Waals surface area contributed by atoms with Crippen LogP contribution in [0.1, 0.15) is 42.1 Å². The van der Waals surface area contributed by atoms with Crippen LogP contribution in [0.4, 0.5) is 11.4 Å². The van der Waals surface area contributed by atoms with Gasteiger partial charge in [-0.2, -0.15) is 0 Å². The van der Waals surface area contributed by atoms with Gasteiger partial charge in [0, 0.05) is 18.3 Å². The summed E-state index contributed by atoms with van der Waals surface area (Å²) in [6.07, 6.45) is 5.46. The zero-order valence-corrected chi connectivity index (χ0v) is 18.2. The highest BCUT2D eigenvalue weighted by atomic mass is 32.2. The second-order valence-corrected chi connectivity index (χ2v) is 9.24. The zero-order valence-electron chi connectivity index (χ0n) is 17.4. The molecule has 2 aromatic carbocycles. The fourth-order valence-electron chi connectivity index (χ4n) is 3.12. The molecule has 0 aromatic heterocycles. The fraction of sp³-hybridized carbons (Fsp3) is 0.304. The topological polar surface area (TPSA) is 92.8 Å². The van der Waals surface area contributed by atoms with Gasteiger partial charge in [0.1, 0.15) is 0 Å². The Balaban J connectivity index is 1.54. The van der Waals surface area contributed by atoms with Gasteiger partial charge in [-0.15, -0.1) is 0 Å². The lowest BCUT2D eigenvalue weighted by Crippen LogP contribution is -2.24. The van der Waals surface area contributed by atoms with Crippen molar-refractivity contribution in [3.63, 3.8) is 0 Å². The van der Waals surface area contributed by atoms with Crippen LogP contribution < -0.4 is 9.62 Å². The highest BCUT2D eigenvalue weighted by Gasteiger charge is 2.28. The molecule has 0 atom stereocenters. The van der Waals surface area contributed by atoms with E-state index in [2.05, 4.69) is 5.32 Å². The van der Waals surface area contributed by atoms with E-state index >= 15 is 0 Å².